The van der Waals surface area contributed by atoms with Crippen LogP contribution < -0.4 is 0 Å². The Bertz CT molecular complexity index is 677. The van der Waals surface area contributed by atoms with Gasteiger partial charge in [-0.3, -0.25) is 0 Å². The number of imidazole rings is 1. The van der Waals surface area contributed by atoms with Crippen molar-refractivity contribution in [2.45, 2.75) is 64.2 Å². The number of aromatic nitrogens is 2. The predicted molar refractivity (Wildman–Crippen MR) is 97.1 cm³/mol. The molecule has 3 rings (SSSR count). The Morgan fingerprint density at radius 3 is 3.00 bits per heavy atom. The third kappa shape index (κ3) is 4.25. The molecule has 0 unspecified atom stereocenters. The lowest BCUT2D eigenvalue weighted by atomic mass is 10.1. The number of benzene rings is 1. The molecule has 4 nitrogen and oxygen atoms in total. The summed E-state index contributed by atoms with van der Waals surface area (Å²) in [6.07, 6.45) is 10.4. The first-order chi connectivity index (χ1) is 11.8. The van der Waals surface area contributed by atoms with Crippen molar-refractivity contribution in [2.75, 3.05) is 6.61 Å². The van der Waals surface area contributed by atoms with E-state index in [1.165, 1.54) is 0 Å². The maximum Gasteiger partial charge on any atom is 0.109 e. The van der Waals surface area contributed by atoms with Gasteiger partial charge in [-0.2, -0.15) is 0 Å². The molecule has 24 heavy (non-hydrogen) atoms. The minimum atomic E-state index is -0.506. The van der Waals surface area contributed by atoms with Crippen molar-refractivity contribution in [3.05, 3.63) is 42.2 Å². The van der Waals surface area contributed by atoms with Crippen LogP contribution in [0.3, 0.4) is 0 Å². The zero-order chi connectivity index (χ0) is 16.8. The van der Waals surface area contributed by atoms with Crippen LogP contribution in [-0.4, -0.2) is 33.5 Å². The molecule has 1 aromatic heterocycles. The van der Waals surface area contributed by atoms with E-state index in [9.17, 15) is 5.11 Å². The summed E-state index contributed by atoms with van der Waals surface area (Å²) in [5, 5.41) is 10.5. The molecule has 0 aliphatic heterocycles. The predicted octanol–water partition coefficient (Wildman–Crippen LogP) is 3.87. The van der Waals surface area contributed by atoms with Crippen LogP contribution in [0.4, 0.5) is 0 Å². The van der Waals surface area contributed by atoms with Gasteiger partial charge in [-0.1, -0.05) is 37.6 Å². The molecule has 0 radical (unpaired) electrons. The van der Waals surface area contributed by atoms with Crippen molar-refractivity contribution >= 4 is 11.0 Å². The molecule has 4 heteroatoms. The first kappa shape index (κ1) is 17.2. The van der Waals surface area contributed by atoms with Gasteiger partial charge in [-0.15, -0.1) is 0 Å². The zero-order valence-electron chi connectivity index (χ0n) is 14.5. The SMILES string of the molecule is CCCCc1nc2ccccc2n1C[C@@H](O)CO[C@H]1CC=CCC1. The van der Waals surface area contributed by atoms with Gasteiger partial charge in [0.25, 0.3) is 0 Å². The largest absolute Gasteiger partial charge is 0.389 e. The lowest BCUT2D eigenvalue weighted by Gasteiger charge is -2.21. The quantitative estimate of drug-likeness (QED) is 0.748. The summed E-state index contributed by atoms with van der Waals surface area (Å²) in [7, 11) is 0. The number of fused-ring (bicyclic) bond motifs is 1. The molecule has 0 amide bonds. The van der Waals surface area contributed by atoms with E-state index in [0.29, 0.717) is 13.2 Å². The number of ether oxygens (including phenoxy) is 1. The maximum absolute atomic E-state index is 10.5. The Kier molecular flexibility index (Phi) is 6.05. The van der Waals surface area contributed by atoms with Crippen LogP contribution in [0, 0.1) is 0 Å². The van der Waals surface area contributed by atoms with Gasteiger partial charge in [0.05, 0.1) is 36.4 Å². The first-order valence-corrected chi connectivity index (χ1v) is 9.16. The molecule has 1 N–H and O–H groups in total. The van der Waals surface area contributed by atoms with Gasteiger partial charge >= 0.3 is 0 Å². The lowest BCUT2D eigenvalue weighted by Crippen LogP contribution is -2.26. The lowest BCUT2D eigenvalue weighted by molar-refractivity contribution is -0.0176. The van der Waals surface area contributed by atoms with Gasteiger partial charge in [-0.25, -0.2) is 4.98 Å². The highest BCUT2D eigenvalue weighted by Gasteiger charge is 2.16. The molecule has 0 bridgehead atoms. The van der Waals surface area contributed by atoms with E-state index >= 15 is 0 Å². The second-order valence-electron chi connectivity index (χ2n) is 6.62. The topological polar surface area (TPSA) is 47.3 Å². The minimum absolute atomic E-state index is 0.253. The molecule has 1 heterocycles. The summed E-state index contributed by atoms with van der Waals surface area (Å²) in [5.41, 5.74) is 2.11. The van der Waals surface area contributed by atoms with Crippen LogP contribution in [-0.2, 0) is 17.7 Å². The van der Waals surface area contributed by atoms with E-state index in [0.717, 1.165) is 55.4 Å². The number of allylic oxidation sites excluding steroid dienone is 1. The molecule has 0 saturated heterocycles. The van der Waals surface area contributed by atoms with E-state index in [-0.39, 0.29) is 6.10 Å². The van der Waals surface area contributed by atoms with E-state index < -0.39 is 6.10 Å². The van der Waals surface area contributed by atoms with E-state index in [2.05, 4.69) is 29.7 Å². The van der Waals surface area contributed by atoms with Crippen LogP contribution in [0.1, 0.15) is 44.9 Å². The summed E-state index contributed by atoms with van der Waals surface area (Å²) in [6.45, 7) is 3.12. The second-order valence-corrected chi connectivity index (χ2v) is 6.62. The van der Waals surface area contributed by atoms with Gasteiger partial charge in [-0.05, 0) is 37.8 Å². The van der Waals surface area contributed by atoms with Crippen LogP contribution in [0.5, 0.6) is 0 Å². The summed E-state index contributed by atoms with van der Waals surface area (Å²) >= 11 is 0. The molecular formula is C20H28N2O2. The number of hydrogen-bond donors (Lipinski definition) is 1. The van der Waals surface area contributed by atoms with E-state index in [1.807, 2.05) is 18.2 Å². The molecule has 2 aromatic rings. The molecule has 130 valence electrons. The summed E-state index contributed by atoms with van der Waals surface area (Å²) in [6, 6.07) is 8.16. The molecule has 1 aromatic carbocycles. The van der Waals surface area contributed by atoms with Gasteiger partial charge in [0.2, 0.25) is 0 Å². The van der Waals surface area contributed by atoms with Crippen LogP contribution >= 0.6 is 0 Å². The first-order valence-electron chi connectivity index (χ1n) is 9.16. The van der Waals surface area contributed by atoms with Gasteiger partial charge < -0.3 is 14.4 Å². The highest BCUT2D eigenvalue weighted by molar-refractivity contribution is 5.75. The molecule has 0 fully saturated rings. The number of hydrogen-bond acceptors (Lipinski definition) is 3. The highest BCUT2D eigenvalue weighted by Crippen LogP contribution is 2.19. The highest BCUT2D eigenvalue weighted by atomic mass is 16.5. The van der Waals surface area contributed by atoms with Crippen molar-refractivity contribution in [3.8, 4) is 0 Å². The fourth-order valence-corrected chi connectivity index (χ4v) is 3.28. The average Bonchev–Trinajstić information content (AvgIpc) is 2.97. The molecule has 0 spiro atoms. The number of para-hydroxylation sites is 2. The maximum atomic E-state index is 10.5. The third-order valence-electron chi connectivity index (χ3n) is 4.63. The van der Waals surface area contributed by atoms with Gasteiger partial charge in [0.15, 0.2) is 0 Å². The molecule has 0 saturated carbocycles. The standard InChI is InChI=1S/C20H28N2O2/c1-2-3-13-20-21-18-11-7-8-12-19(18)22(20)14-16(23)15-24-17-9-5-4-6-10-17/h4-5,7-8,11-12,16-17,23H,2-3,6,9-10,13-15H2,1H3/t16-,17+/m1/s1. The number of aliphatic hydroxyl groups is 1. The van der Waals surface area contributed by atoms with Crippen molar-refractivity contribution < 1.29 is 9.84 Å². The Labute approximate surface area is 144 Å². The number of nitrogens with zero attached hydrogens (tertiary/aromatic N) is 2. The van der Waals surface area contributed by atoms with Gasteiger partial charge in [0.1, 0.15) is 5.82 Å². The van der Waals surface area contributed by atoms with Crippen molar-refractivity contribution in [1.82, 2.24) is 9.55 Å². The van der Waals surface area contributed by atoms with Crippen LogP contribution in [0.15, 0.2) is 36.4 Å². The smallest absolute Gasteiger partial charge is 0.109 e. The number of aliphatic hydroxyl groups excluding tert-OH is 1. The molecule has 1 aliphatic carbocycles. The third-order valence-corrected chi connectivity index (χ3v) is 4.63. The average molecular weight is 328 g/mol. The monoisotopic (exact) mass is 328 g/mol. The summed E-state index contributed by atoms with van der Waals surface area (Å²) in [4.78, 5) is 4.76. The Morgan fingerprint density at radius 1 is 1.33 bits per heavy atom. The Balaban J connectivity index is 1.66. The minimum Gasteiger partial charge on any atom is -0.389 e. The van der Waals surface area contributed by atoms with E-state index in [4.69, 9.17) is 9.72 Å². The fourth-order valence-electron chi connectivity index (χ4n) is 3.28. The normalized spacial score (nSPS) is 19.0. The van der Waals surface area contributed by atoms with E-state index in [1.54, 1.807) is 0 Å². The van der Waals surface area contributed by atoms with Crippen LogP contribution in [0.2, 0.25) is 0 Å². The Morgan fingerprint density at radius 2 is 2.21 bits per heavy atom. The summed E-state index contributed by atoms with van der Waals surface area (Å²) < 4.78 is 8.06. The number of aryl methyl sites for hydroxylation is 1. The molecule has 1 aliphatic rings. The van der Waals surface area contributed by atoms with Crippen molar-refractivity contribution in [2.24, 2.45) is 0 Å². The number of unbranched alkanes of at least 4 members (excludes halogenated alkanes) is 1. The fraction of sp³-hybridized carbons (Fsp3) is 0.550. The molecule has 2 atom stereocenters. The summed E-state index contributed by atoms with van der Waals surface area (Å²) in [5.74, 6) is 1.07. The van der Waals surface area contributed by atoms with Crippen molar-refractivity contribution in [3.63, 3.8) is 0 Å². The van der Waals surface area contributed by atoms with Crippen molar-refractivity contribution in [1.29, 1.82) is 0 Å². The molecular weight excluding hydrogens is 300 g/mol. The number of rotatable bonds is 8. The van der Waals surface area contributed by atoms with Crippen LogP contribution in [0.25, 0.3) is 11.0 Å². The Hall–Kier alpha value is -1.65. The van der Waals surface area contributed by atoms with Gasteiger partial charge in [0, 0.05) is 6.42 Å². The second kappa shape index (κ2) is 8.45. The zero-order valence-corrected chi connectivity index (χ0v) is 14.5.